The topological polar surface area (TPSA) is 76.8 Å². The van der Waals surface area contributed by atoms with Gasteiger partial charge in [-0.15, -0.1) is 28.1 Å². The first-order valence-corrected chi connectivity index (χ1v) is 9.02. The van der Waals surface area contributed by atoms with E-state index in [0.29, 0.717) is 11.7 Å². The number of hydrogen-bond donors (Lipinski definition) is 0. The van der Waals surface area contributed by atoms with Gasteiger partial charge in [0.05, 0.1) is 11.2 Å². The van der Waals surface area contributed by atoms with E-state index < -0.39 is 0 Å². The van der Waals surface area contributed by atoms with Crippen molar-refractivity contribution in [3.63, 3.8) is 0 Å². The molecule has 0 spiro atoms. The van der Waals surface area contributed by atoms with Crippen LogP contribution in [0.5, 0.6) is 0 Å². The molecular formula is C18H20N6OS. The average Bonchev–Trinajstić information content (AvgIpc) is 3.29. The van der Waals surface area contributed by atoms with Crippen molar-refractivity contribution in [2.45, 2.75) is 26.3 Å². The van der Waals surface area contributed by atoms with E-state index in [4.69, 9.17) is 0 Å². The number of carbonyl (C=O) groups is 1. The normalized spacial score (nSPS) is 11.3. The van der Waals surface area contributed by atoms with Crippen molar-refractivity contribution in [3.05, 3.63) is 54.2 Å². The maximum absolute atomic E-state index is 12.9. The quantitative estimate of drug-likeness (QED) is 0.645. The smallest absolute Gasteiger partial charge is 0.277 e. The third-order valence-corrected chi connectivity index (χ3v) is 4.42. The van der Waals surface area contributed by atoms with E-state index in [-0.39, 0.29) is 17.3 Å². The van der Waals surface area contributed by atoms with E-state index in [1.165, 1.54) is 21.0 Å². The fraction of sp³-hybridized carbons (Fsp3) is 0.278. The average molecular weight is 368 g/mol. The fourth-order valence-electron chi connectivity index (χ4n) is 2.21. The standard InChI is InChI=1S/C18H20N6OS/c1-5-11-23(16(25)15-20-22-24(21-15)18(2,3)4)17-19-14(12-26-17)13-9-7-6-8-10-13/h5-10,12H,1,11H2,2-4H3. The molecule has 0 bridgehead atoms. The van der Waals surface area contributed by atoms with Gasteiger partial charge >= 0.3 is 5.91 Å². The van der Waals surface area contributed by atoms with Crippen LogP contribution in [0.25, 0.3) is 11.3 Å². The van der Waals surface area contributed by atoms with Crippen LogP contribution in [0.3, 0.4) is 0 Å². The maximum atomic E-state index is 12.9. The number of benzene rings is 1. The number of carbonyl (C=O) groups excluding carboxylic acids is 1. The first kappa shape index (κ1) is 17.9. The van der Waals surface area contributed by atoms with Crippen LogP contribution >= 0.6 is 11.3 Å². The molecule has 0 atom stereocenters. The summed E-state index contributed by atoms with van der Waals surface area (Å²) >= 11 is 1.39. The molecule has 0 saturated carbocycles. The van der Waals surface area contributed by atoms with Gasteiger partial charge < -0.3 is 0 Å². The van der Waals surface area contributed by atoms with Gasteiger partial charge in [0.1, 0.15) is 0 Å². The lowest BCUT2D eigenvalue weighted by atomic mass is 10.1. The molecule has 26 heavy (non-hydrogen) atoms. The molecule has 0 unspecified atom stereocenters. The Hall–Kier alpha value is -2.87. The van der Waals surface area contributed by atoms with Gasteiger partial charge in [-0.3, -0.25) is 9.69 Å². The van der Waals surface area contributed by atoms with Gasteiger partial charge in [0.15, 0.2) is 5.13 Å². The molecule has 0 radical (unpaired) electrons. The van der Waals surface area contributed by atoms with Crippen LogP contribution in [-0.4, -0.2) is 37.6 Å². The van der Waals surface area contributed by atoms with Crippen molar-refractivity contribution in [2.24, 2.45) is 0 Å². The second-order valence-electron chi connectivity index (χ2n) is 6.66. The first-order valence-electron chi connectivity index (χ1n) is 8.14. The first-order chi connectivity index (χ1) is 12.4. The highest BCUT2D eigenvalue weighted by molar-refractivity contribution is 7.14. The van der Waals surface area contributed by atoms with Crippen LogP contribution in [0.2, 0.25) is 0 Å². The molecule has 0 aliphatic rings. The molecule has 0 aliphatic heterocycles. The summed E-state index contributed by atoms with van der Waals surface area (Å²) in [6.07, 6.45) is 1.65. The van der Waals surface area contributed by atoms with E-state index in [1.807, 2.05) is 56.5 Å². The van der Waals surface area contributed by atoms with E-state index in [9.17, 15) is 4.79 Å². The monoisotopic (exact) mass is 368 g/mol. The molecule has 1 amide bonds. The van der Waals surface area contributed by atoms with Crippen LogP contribution in [-0.2, 0) is 5.54 Å². The number of thiazole rings is 1. The third-order valence-electron chi connectivity index (χ3n) is 3.55. The Morgan fingerprint density at radius 2 is 2.04 bits per heavy atom. The Labute approximate surface area is 156 Å². The second-order valence-corrected chi connectivity index (χ2v) is 7.50. The Morgan fingerprint density at radius 1 is 1.31 bits per heavy atom. The third kappa shape index (κ3) is 3.70. The molecule has 1 aromatic carbocycles. The predicted octanol–water partition coefficient (Wildman–Crippen LogP) is 3.38. The fourth-order valence-corrected chi connectivity index (χ4v) is 3.05. The number of nitrogens with zero attached hydrogens (tertiary/aromatic N) is 6. The molecule has 134 valence electrons. The van der Waals surface area contributed by atoms with E-state index in [0.717, 1.165) is 11.3 Å². The molecule has 8 heteroatoms. The van der Waals surface area contributed by atoms with Crippen LogP contribution in [0.4, 0.5) is 5.13 Å². The van der Waals surface area contributed by atoms with Gasteiger partial charge in [-0.05, 0) is 26.0 Å². The predicted molar refractivity (Wildman–Crippen MR) is 102 cm³/mol. The number of anilines is 1. The zero-order valence-corrected chi connectivity index (χ0v) is 15.8. The molecule has 0 saturated heterocycles. The molecule has 3 aromatic rings. The Bertz CT molecular complexity index is 909. The number of amides is 1. The van der Waals surface area contributed by atoms with Crippen LogP contribution < -0.4 is 4.90 Å². The van der Waals surface area contributed by atoms with Gasteiger partial charge in [0.25, 0.3) is 5.82 Å². The Morgan fingerprint density at radius 3 is 2.65 bits per heavy atom. The van der Waals surface area contributed by atoms with Crippen LogP contribution in [0.1, 0.15) is 31.4 Å². The summed E-state index contributed by atoms with van der Waals surface area (Å²) in [4.78, 5) is 20.4. The van der Waals surface area contributed by atoms with Crippen LogP contribution in [0.15, 0.2) is 48.4 Å². The van der Waals surface area contributed by atoms with Gasteiger partial charge in [0, 0.05) is 17.5 Å². The minimum atomic E-state index is -0.352. The zero-order valence-electron chi connectivity index (χ0n) is 15.0. The van der Waals surface area contributed by atoms with Crippen molar-refractivity contribution in [1.29, 1.82) is 0 Å². The highest BCUT2D eigenvalue weighted by Gasteiger charge is 2.26. The number of tetrazole rings is 1. The summed E-state index contributed by atoms with van der Waals surface area (Å²) in [6, 6.07) is 9.82. The summed E-state index contributed by atoms with van der Waals surface area (Å²) in [5.41, 5.74) is 1.47. The highest BCUT2D eigenvalue weighted by Crippen LogP contribution is 2.28. The SMILES string of the molecule is C=CCN(C(=O)c1nnn(C(C)(C)C)n1)c1nc(-c2ccccc2)cs1. The van der Waals surface area contributed by atoms with Crippen molar-refractivity contribution in [3.8, 4) is 11.3 Å². The summed E-state index contributed by atoms with van der Waals surface area (Å²) in [5, 5.41) is 14.6. The lowest BCUT2D eigenvalue weighted by Gasteiger charge is -2.17. The molecule has 2 aromatic heterocycles. The molecule has 7 nitrogen and oxygen atoms in total. The van der Waals surface area contributed by atoms with E-state index >= 15 is 0 Å². The van der Waals surface area contributed by atoms with Gasteiger partial charge in [-0.1, -0.05) is 36.4 Å². The lowest BCUT2D eigenvalue weighted by Crippen LogP contribution is -2.32. The molecular weight excluding hydrogens is 348 g/mol. The van der Waals surface area contributed by atoms with E-state index in [1.54, 1.807) is 6.08 Å². The summed E-state index contributed by atoms with van der Waals surface area (Å²) < 4.78 is 0. The van der Waals surface area contributed by atoms with Crippen molar-refractivity contribution in [2.75, 3.05) is 11.4 Å². The number of hydrogen-bond acceptors (Lipinski definition) is 6. The lowest BCUT2D eigenvalue weighted by molar-refractivity contribution is 0.0979. The summed E-state index contributed by atoms with van der Waals surface area (Å²) in [5.74, 6) is -0.312. The largest absolute Gasteiger partial charge is 0.301 e. The molecule has 0 aliphatic carbocycles. The highest BCUT2D eigenvalue weighted by atomic mass is 32.1. The van der Waals surface area contributed by atoms with E-state index in [2.05, 4.69) is 27.0 Å². The minimum Gasteiger partial charge on any atom is -0.277 e. The molecule has 3 rings (SSSR count). The van der Waals surface area contributed by atoms with Gasteiger partial charge in [0.2, 0.25) is 0 Å². The summed E-state index contributed by atoms with van der Waals surface area (Å²) in [7, 11) is 0. The number of rotatable bonds is 5. The molecule has 2 heterocycles. The Balaban J connectivity index is 1.90. The minimum absolute atomic E-state index is 0.0400. The van der Waals surface area contributed by atoms with Crippen molar-refractivity contribution in [1.82, 2.24) is 25.2 Å². The van der Waals surface area contributed by atoms with Crippen molar-refractivity contribution < 1.29 is 4.79 Å². The molecule has 0 fully saturated rings. The van der Waals surface area contributed by atoms with Crippen LogP contribution in [0, 0.1) is 0 Å². The molecule has 0 N–H and O–H groups in total. The number of aromatic nitrogens is 5. The summed E-state index contributed by atoms with van der Waals surface area (Å²) in [6.45, 7) is 9.87. The second kappa shape index (κ2) is 7.17. The Kier molecular flexibility index (Phi) is 4.94. The van der Waals surface area contributed by atoms with Gasteiger partial charge in [-0.25, -0.2) is 4.98 Å². The van der Waals surface area contributed by atoms with Crippen molar-refractivity contribution >= 4 is 22.4 Å². The van der Waals surface area contributed by atoms with Gasteiger partial charge in [-0.2, -0.15) is 4.80 Å². The maximum Gasteiger partial charge on any atom is 0.301 e. The zero-order chi connectivity index (χ0) is 18.7.